The van der Waals surface area contributed by atoms with Crippen LogP contribution in [0.15, 0.2) is 42.5 Å². The number of carbonyl (C=O) groups excluding carboxylic acids is 2. The van der Waals surface area contributed by atoms with E-state index in [2.05, 4.69) is 10.1 Å². The lowest BCUT2D eigenvalue weighted by atomic mass is 10.1. The Kier molecular flexibility index (Phi) is 5.19. The lowest BCUT2D eigenvalue weighted by Gasteiger charge is -2.11. The second-order valence-corrected chi connectivity index (χ2v) is 4.61. The number of hydrogen-bond donors (Lipinski definition) is 2. The number of carbonyl (C=O) groups is 2. The van der Waals surface area contributed by atoms with E-state index in [4.69, 9.17) is 4.74 Å². The maximum Gasteiger partial charge on any atom is 0.341 e. The molecule has 0 atom stereocenters. The van der Waals surface area contributed by atoms with Gasteiger partial charge in [-0.1, -0.05) is 12.1 Å². The molecule has 2 aromatic rings. The van der Waals surface area contributed by atoms with Crippen molar-refractivity contribution < 1.29 is 24.2 Å². The van der Waals surface area contributed by atoms with Crippen LogP contribution in [0.4, 0.5) is 5.69 Å². The van der Waals surface area contributed by atoms with Crippen molar-refractivity contribution in [2.24, 2.45) is 0 Å². The number of methoxy groups -OCH3 is 1. The van der Waals surface area contributed by atoms with Gasteiger partial charge in [0.1, 0.15) is 11.3 Å². The average molecular weight is 315 g/mol. The van der Waals surface area contributed by atoms with Crippen LogP contribution in [0.1, 0.15) is 27.6 Å². The smallest absolute Gasteiger partial charge is 0.341 e. The summed E-state index contributed by atoms with van der Waals surface area (Å²) in [4.78, 5) is 23.8. The Morgan fingerprint density at radius 1 is 1.17 bits per heavy atom. The number of anilines is 1. The van der Waals surface area contributed by atoms with Gasteiger partial charge in [0.05, 0.1) is 19.4 Å². The number of esters is 1. The highest BCUT2D eigenvalue weighted by molar-refractivity contribution is 6.06. The number of rotatable bonds is 5. The molecule has 2 N–H and O–H groups in total. The van der Waals surface area contributed by atoms with Gasteiger partial charge in [0.2, 0.25) is 0 Å². The van der Waals surface area contributed by atoms with Crippen LogP contribution in [0.25, 0.3) is 0 Å². The fourth-order valence-corrected chi connectivity index (χ4v) is 2.01. The summed E-state index contributed by atoms with van der Waals surface area (Å²) in [7, 11) is 1.21. The zero-order chi connectivity index (χ0) is 16.8. The summed E-state index contributed by atoms with van der Waals surface area (Å²) in [5, 5.41) is 12.6. The van der Waals surface area contributed by atoms with E-state index >= 15 is 0 Å². The van der Waals surface area contributed by atoms with E-state index < -0.39 is 11.9 Å². The van der Waals surface area contributed by atoms with Crippen molar-refractivity contribution in [2.75, 3.05) is 19.0 Å². The van der Waals surface area contributed by atoms with Crippen molar-refractivity contribution in [1.82, 2.24) is 0 Å². The molecule has 0 aliphatic heterocycles. The predicted octanol–water partition coefficient (Wildman–Crippen LogP) is 2.83. The number of ether oxygens (including phenoxy) is 2. The van der Waals surface area contributed by atoms with Crippen LogP contribution >= 0.6 is 0 Å². The highest BCUT2D eigenvalue weighted by Gasteiger charge is 2.16. The summed E-state index contributed by atoms with van der Waals surface area (Å²) in [6.07, 6.45) is 0. The number of aromatic hydroxyl groups is 1. The van der Waals surface area contributed by atoms with E-state index in [1.54, 1.807) is 24.3 Å². The van der Waals surface area contributed by atoms with Crippen LogP contribution in [-0.2, 0) is 4.74 Å². The Bertz CT molecular complexity index is 727. The molecule has 120 valence electrons. The van der Waals surface area contributed by atoms with Crippen molar-refractivity contribution >= 4 is 17.6 Å². The van der Waals surface area contributed by atoms with Gasteiger partial charge < -0.3 is 19.9 Å². The molecule has 0 aliphatic rings. The minimum absolute atomic E-state index is 0.0200. The normalized spacial score (nSPS) is 10.0. The maximum absolute atomic E-state index is 12.3. The molecular weight excluding hydrogens is 298 g/mol. The predicted molar refractivity (Wildman–Crippen MR) is 85.0 cm³/mol. The summed E-state index contributed by atoms with van der Waals surface area (Å²) in [5.74, 6) is -0.873. The van der Waals surface area contributed by atoms with Gasteiger partial charge in [-0.25, -0.2) is 4.79 Å². The van der Waals surface area contributed by atoms with Gasteiger partial charge in [-0.3, -0.25) is 4.79 Å². The molecule has 0 saturated heterocycles. The Morgan fingerprint density at radius 3 is 2.61 bits per heavy atom. The van der Waals surface area contributed by atoms with E-state index in [1.165, 1.54) is 25.3 Å². The van der Waals surface area contributed by atoms with Gasteiger partial charge in [0.15, 0.2) is 5.75 Å². The highest BCUT2D eigenvalue weighted by Crippen LogP contribution is 2.28. The first-order valence-electron chi connectivity index (χ1n) is 7.01. The molecule has 0 spiro atoms. The second-order valence-electron chi connectivity index (χ2n) is 4.61. The van der Waals surface area contributed by atoms with Gasteiger partial charge in [-0.15, -0.1) is 0 Å². The Hall–Kier alpha value is -3.02. The largest absolute Gasteiger partial charge is 0.505 e. The zero-order valence-electron chi connectivity index (χ0n) is 12.8. The van der Waals surface area contributed by atoms with Crippen LogP contribution < -0.4 is 10.1 Å². The first-order valence-corrected chi connectivity index (χ1v) is 7.01. The van der Waals surface area contributed by atoms with Crippen LogP contribution in [0.5, 0.6) is 11.5 Å². The molecule has 0 aliphatic carbocycles. The molecule has 2 rings (SSSR count). The maximum atomic E-state index is 12.3. The van der Waals surface area contributed by atoms with Crippen molar-refractivity contribution in [3.8, 4) is 11.5 Å². The highest BCUT2D eigenvalue weighted by atomic mass is 16.5. The minimum atomic E-state index is -0.683. The summed E-state index contributed by atoms with van der Waals surface area (Å²) in [5.41, 5.74) is 0.479. The Labute approximate surface area is 133 Å². The monoisotopic (exact) mass is 315 g/mol. The number of para-hydroxylation sites is 1. The van der Waals surface area contributed by atoms with E-state index in [0.717, 1.165) is 0 Å². The molecule has 6 nitrogen and oxygen atoms in total. The lowest BCUT2D eigenvalue weighted by Crippen LogP contribution is -2.13. The topological polar surface area (TPSA) is 84.9 Å². The van der Waals surface area contributed by atoms with E-state index in [9.17, 15) is 14.7 Å². The lowest BCUT2D eigenvalue weighted by molar-refractivity contribution is 0.0597. The third-order valence-electron chi connectivity index (χ3n) is 3.10. The molecule has 0 saturated carbocycles. The van der Waals surface area contributed by atoms with Gasteiger partial charge in [-0.2, -0.15) is 0 Å². The standard InChI is InChI=1S/C17H17NO5/c1-3-23-12-7-4-6-11(10-12)16(20)18-14-9-5-8-13(15(14)19)17(21)22-2/h4-10,19H,3H2,1-2H3,(H,18,20). The molecule has 0 radical (unpaired) electrons. The third-order valence-corrected chi connectivity index (χ3v) is 3.10. The molecule has 0 heterocycles. The molecule has 0 bridgehead atoms. The van der Waals surface area contributed by atoms with Crippen LogP contribution in [0.3, 0.4) is 0 Å². The summed E-state index contributed by atoms with van der Waals surface area (Å²) >= 11 is 0. The number of benzene rings is 2. The van der Waals surface area contributed by atoms with Gasteiger partial charge in [-0.05, 0) is 37.3 Å². The van der Waals surface area contributed by atoms with Gasteiger partial charge in [0.25, 0.3) is 5.91 Å². The molecule has 2 aromatic carbocycles. The van der Waals surface area contributed by atoms with Crippen molar-refractivity contribution in [1.29, 1.82) is 0 Å². The number of phenols is 1. The quantitative estimate of drug-likeness (QED) is 0.654. The van der Waals surface area contributed by atoms with Crippen LogP contribution in [0, 0.1) is 0 Å². The minimum Gasteiger partial charge on any atom is -0.505 e. The molecule has 23 heavy (non-hydrogen) atoms. The SMILES string of the molecule is CCOc1cccc(C(=O)Nc2cccc(C(=O)OC)c2O)c1. The number of hydrogen-bond acceptors (Lipinski definition) is 5. The average Bonchev–Trinajstić information content (AvgIpc) is 2.56. The number of amides is 1. The fraction of sp³-hybridized carbons (Fsp3) is 0.176. The van der Waals surface area contributed by atoms with Crippen molar-refractivity contribution in [2.45, 2.75) is 6.92 Å². The molecule has 0 aromatic heterocycles. The van der Waals surface area contributed by atoms with Crippen molar-refractivity contribution in [3.05, 3.63) is 53.6 Å². The molecule has 0 unspecified atom stereocenters. The molecule has 0 fully saturated rings. The number of phenolic OH excluding ortho intramolecular Hbond substituents is 1. The van der Waals surface area contributed by atoms with Crippen molar-refractivity contribution in [3.63, 3.8) is 0 Å². The summed E-state index contributed by atoms with van der Waals surface area (Å²) in [6, 6.07) is 11.1. The number of nitrogens with one attached hydrogen (secondary N) is 1. The summed E-state index contributed by atoms with van der Waals surface area (Å²) < 4.78 is 9.92. The molecule has 6 heteroatoms. The molecule has 1 amide bonds. The van der Waals surface area contributed by atoms with E-state index in [1.807, 2.05) is 6.92 Å². The van der Waals surface area contributed by atoms with E-state index in [0.29, 0.717) is 17.9 Å². The van der Waals surface area contributed by atoms with Gasteiger partial charge in [0, 0.05) is 5.56 Å². The van der Waals surface area contributed by atoms with Crippen LogP contribution in [0.2, 0.25) is 0 Å². The third kappa shape index (κ3) is 3.79. The van der Waals surface area contributed by atoms with Crippen LogP contribution in [-0.4, -0.2) is 30.7 Å². The second kappa shape index (κ2) is 7.31. The first-order chi connectivity index (χ1) is 11.1. The van der Waals surface area contributed by atoms with E-state index in [-0.39, 0.29) is 17.0 Å². The zero-order valence-corrected chi connectivity index (χ0v) is 12.8. The first kappa shape index (κ1) is 16.4. The summed E-state index contributed by atoms with van der Waals surface area (Å²) in [6.45, 7) is 2.34. The molecular formula is C17H17NO5. The Morgan fingerprint density at radius 2 is 1.91 bits per heavy atom. The van der Waals surface area contributed by atoms with Gasteiger partial charge >= 0.3 is 5.97 Å². The fourth-order valence-electron chi connectivity index (χ4n) is 2.01. The Balaban J connectivity index is 2.24.